The Morgan fingerprint density at radius 1 is 1.10 bits per heavy atom. The number of benzene rings is 2. The second-order valence-electron chi connectivity index (χ2n) is 11.1. The average molecular weight is 565 g/mol. The van der Waals surface area contributed by atoms with Crippen molar-refractivity contribution < 1.29 is 19.1 Å². The first-order chi connectivity index (χ1) is 19.1. The van der Waals surface area contributed by atoms with Gasteiger partial charge in [-0.25, -0.2) is 9.78 Å². The molecule has 2 aromatic carbocycles. The van der Waals surface area contributed by atoms with Gasteiger partial charge in [0.2, 0.25) is 5.91 Å². The maximum atomic E-state index is 13.7. The number of nitrogens with one attached hydrogen (secondary N) is 1. The van der Waals surface area contributed by atoms with Gasteiger partial charge in [0.1, 0.15) is 22.5 Å². The molecular weight excluding hydrogens is 524 g/mol. The lowest BCUT2D eigenvalue weighted by molar-refractivity contribution is -0.127. The number of para-hydroxylation sites is 1. The van der Waals surface area contributed by atoms with Crippen LogP contribution < -0.4 is 10.1 Å². The number of thiazole rings is 1. The van der Waals surface area contributed by atoms with Crippen LogP contribution in [0.4, 0.5) is 4.79 Å². The van der Waals surface area contributed by atoms with Gasteiger partial charge in [-0.1, -0.05) is 24.3 Å². The molecular formula is C31H40N4O4S. The Hall–Kier alpha value is -3.43. The molecule has 40 heavy (non-hydrogen) atoms. The van der Waals surface area contributed by atoms with Crippen molar-refractivity contribution in [3.8, 4) is 11.5 Å². The van der Waals surface area contributed by atoms with Gasteiger partial charge in [0.25, 0.3) is 0 Å². The molecule has 1 aliphatic rings. The third-order valence-corrected chi connectivity index (χ3v) is 8.17. The van der Waals surface area contributed by atoms with Crippen LogP contribution in [0, 0.1) is 0 Å². The number of rotatable bonds is 10. The summed E-state index contributed by atoms with van der Waals surface area (Å²) >= 11 is 1.43. The van der Waals surface area contributed by atoms with E-state index in [4.69, 9.17) is 9.47 Å². The largest absolute Gasteiger partial charge is 0.457 e. The predicted molar refractivity (Wildman–Crippen MR) is 158 cm³/mol. The molecule has 214 valence electrons. The lowest BCUT2D eigenvalue weighted by atomic mass is 9.92. The first kappa shape index (κ1) is 29.6. The van der Waals surface area contributed by atoms with E-state index in [1.165, 1.54) is 16.2 Å². The molecule has 4 rings (SSSR count). The number of carbonyl (C=O) groups is 2. The fraction of sp³-hybridized carbons (Fsp3) is 0.452. The van der Waals surface area contributed by atoms with Gasteiger partial charge in [0.15, 0.2) is 5.60 Å². The summed E-state index contributed by atoms with van der Waals surface area (Å²) in [6.07, 6.45) is 1.73. The maximum Gasteiger partial charge on any atom is 0.411 e. The highest BCUT2D eigenvalue weighted by atomic mass is 32.1. The second kappa shape index (κ2) is 12.8. The molecule has 2 heterocycles. The van der Waals surface area contributed by atoms with E-state index in [0.29, 0.717) is 48.9 Å². The fourth-order valence-corrected chi connectivity index (χ4v) is 5.83. The number of nitrogens with zero attached hydrogens (tertiary/aromatic N) is 3. The van der Waals surface area contributed by atoms with E-state index >= 15 is 0 Å². The van der Waals surface area contributed by atoms with Crippen molar-refractivity contribution in [2.75, 3.05) is 19.6 Å². The normalized spacial score (nSPS) is 15.3. The Morgan fingerprint density at radius 3 is 2.48 bits per heavy atom. The summed E-state index contributed by atoms with van der Waals surface area (Å²) in [7, 11) is 0. The summed E-state index contributed by atoms with van der Waals surface area (Å²) in [4.78, 5) is 35.5. The number of hydrogen-bond donors (Lipinski definition) is 1. The highest BCUT2D eigenvalue weighted by Crippen LogP contribution is 2.36. The molecule has 1 N–H and O–H groups in total. The number of ether oxygens (including phenoxy) is 2. The van der Waals surface area contributed by atoms with Crippen LogP contribution in [0.5, 0.6) is 11.5 Å². The van der Waals surface area contributed by atoms with E-state index in [0.717, 1.165) is 16.9 Å². The monoisotopic (exact) mass is 564 g/mol. The van der Waals surface area contributed by atoms with Gasteiger partial charge >= 0.3 is 6.09 Å². The van der Waals surface area contributed by atoms with Crippen LogP contribution in [-0.2, 0) is 21.6 Å². The van der Waals surface area contributed by atoms with Crippen LogP contribution in [0.3, 0.4) is 0 Å². The van der Waals surface area contributed by atoms with Gasteiger partial charge in [-0.3, -0.25) is 14.6 Å². The van der Waals surface area contributed by atoms with Gasteiger partial charge in [-0.2, -0.15) is 0 Å². The number of carbonyl (C=O) groups excluding carboxylic acids is 2. The quantitative estimate of drug-likeness (QED) is 0.318. The molecule has 3 aromatic rings. The van der Waals surface area contributed by atoms with E-state index in [-0.39, 0.29) is 5.91 Å². The Bertz CT molecular complexity index is 1270. The summed E-state index contributed by atoms with van der Waals surface area (Å²) in [5, 5.41) is 5.64. The molecule has 0 radical (unpaired) electrons. The van der Waals surface area contributed by atoms with Crippen molar-refractivity contribution in [2.45, 2.75) is 71.7 Å². The summed E-state index contributed by atoms with van der Waals surface area (Å²) in [6, 6.07) is 15.2. The minimum absolute atomic E-state index is 0.228. The smallest absolute Gasteiger partial charge is 0.411 e. The zero-order chi connectivity index (χ0) is 28.9. The second-order valence-corrected chi connectivity index (χ2v) is 11.9. The van der Waals surface area contributed by atoms with E-state index in [2.05, 4.69) is 42.9 Å². The number of amides is 2. The van der Waals surface area contributed by atoms with Crippen molar-refractivity contribution >= 4 is 23.3 Å². The van der Waals surface area contributed by atoms with Crippen LogP contribution in [0.1, 0.15) is 63.7 Å². The Morgan fingerprint density at radius 2 is 1.82 bits per heavy atom. The van der Waals surface area contributed by atoms with Crippen molar-refractivity contribution in [3.63, 3.8) is 0 Å². The van der Waals surface area contributed by atoms with E-state index in [1.807, 2.05) is 67.8 Å². The molecule has 8 nitrogen and oxygen atoms in total. The molecule has 1 aliphatic heterocycles. The topological polar surface area (TPSA) is 84.0 Å². The Kier molecular flexibility index (Phi) is 9.48. The van der Waals surface area contributed by atoms with Crippen LogP contribution in [0.2, 0.25) is 0 Å². The van der Waals surface area contributed by atoms with E-state index in [9.17, 15) is 9.59 Å². The van der Waals surface area contributed by atoms with Crippen molar-refractivity contribution in [1.82, 2.24) is 20.1 Å². The van der Waals surface area contributed by atoms with Crippen LogP contribution in [0.15, 0.2) is 60.1 Å². The van der Waals surface area contributed by atoms with Crippen LogP contribution in [-0.4, -0.2) is 58.5 Å². The third kappa shape index (κ3) is 7.01. The SMILES string of the molecule is CC(C)N(CCNC(=O)C1c2ccc(Oc3ccccc3)cc2CCN1C(=O)OC(C)(C)c1nccs1)C(C)C. The minimum Gasteiger partial charge on any atom is -0.457 e. The number of hydrogen-bond acceptors (Lipinski definition) is 7. The average Bonchev–Trinajstić information content (AvgIpc) is 3.46. The maximum absolute atomic E-state index is 13.7. The summed E-state index contributed by atoms with van der Waals surface area (Å²) in [5.74, 6) is 1.20. The lowest BCUT2D eigenvalue weighted by Crippen LogP contribution is -2.50. The zero-order valence-corrected chi connectivity index (χ0v) is 25.0. The van der Waals surface area contributed by atoms with E-state index in [1.54, 1.807) is 6.20 Å². The van der Waals surface area contributed by atoms with Gasteiger partial charge in [0, 0.05) is 43.3 Å². The first-order valence-electron chi connectivity index (χ1n) is 13.9. The summed E-state index contributed by atoms with van der Waals surface area (Å²) in [6.45, 7) is 13.8. The first-order valence-corrected chi connectivity index (χ1v) is 14.7. The number of aromatic nitrogens is 1. The van der Waals surface area contributed by atoms with Gasteiger partial charge in [0.05, 0.1) is 0 Å². The molecule has 0 spiro atoms. The molecule has 1 unspecified atom stereocenters. The van der Waals surface area contributed by atoms with Crippen molar-refractivity contribution in [3.05, 3.63) is 76.2 Å². The van der Waals surface area contributed by atoms with Crippen LogP contribution in [0.25, 0.3) is 0 Å². The molecule has 0 aliphatic carbocycles. The Labute approximate surface area is 241 Å². The fourth-order valence-electron chi connectivity index (χ4n) is 5.13. The third-order valence-electron chi connectivity index (χ3n) is 7.09. The Balaban J connectivity index is 1.57. The highest BCUT2D eigenvalue weighted by molar-refractivity contribution is 7.09. The van der Waals surface area contributed by atoms with Gasteiger partial charge in [-0.05, 0) is 83.4 Å². The van der Waals surface area contributed by atoms with Gasteiger partial charge < -0.3 is 14.8 Å². The molecule has 0 bridgehead atoms. The van der Waals surface area contributed by atoms with Gasteiger partial charge in [-0.15, -0.1) is 11.3 Å². The lowest BCUT2D eigenvalue weighted by Gasteiger charge is -2.38. The minimum atomic E-state index is -0.922. The molecule has 2 amide bonds. The highest BCUT2D eigenvalue weighted by Gasteiger charge is 2.40. The summed E-state index contributed by atoms with van der Waals surface area (Å²) < 4.78 is 12.0. The molecule has 0 saturated heterocycles. The van der Waals surface area contributed by atoms with Crippen molar-refractivity contribution in [2.24, 2.45) is 0 Å². The molecule has 1 atom stereocenters. The number of fused-ring (bicyclic) bond motifs is 1. The van der Waals surface area contributed by atoms with E-state index < -0.39 is 17.7 Å². The zero-order valence-electron chi connectivity index (χ0n) is 24.2. The van der Waals surface area contributed by atoms with Crippen molar-refractivity contribution in [1.29, 1.82) is 0 Å². The molecule has 1 aromatic heterocycles. The van der Waals surface area contributed by atoms with Crippen LogP contribution >= 0.6 is 11.3 Å². The predicted octanol–water partition coefficient (Wildman–Crippen LogP) is 6.14. The standard InChI is InChI=1S/C31H40N4O4S/c1-21(2)34(22(3)4)18-15-32-28(36)27-26-13-12-25(38-24-10-8-7-9-11-24)20-23(26)14-17-35(27)30(37)39-31(5,6)29-33-16-19-40-29/h7-13,16,19-22,27H,14-15,17-18H2,1-6H3,(H,32,36). The molecule has 9 heteroatoms. The molecule has 0 fully saturated rings. The molecule has 0 saturated carbocycles. The summed E-state index contributed by atoms with van der Waals surface area (Å²) in [5.41, 5.74) is 0.829.